The summed E-state index contributed by atoms with van der Waals surface area (Å²) in [6.45, 7) is 0. The maximum atomic E-state index is 11.3. The lowest BCUT2D eigenvalue weighted by atomic mass is 9.89. The Labute approximate surface area is 102 Å². The van der Waals surface area contributed by atoms with E-state index in [9.17, 15) is 4.79 Å². The lowest BCUT2D eigenvalue weighted by Crippen LogP contribution is -2.24. The lowest BCUT2D eigenvalue weighted by Gasteiger charge is -2.19. The molecule has 0 bridgehead atoms. The Balaban J connectivity index is 2.13. The Bertz CT molecular complexity index is 415. The average Bonchev–Trinajstić information content (AvgIpc) is 2.38. The predicted octanol–water partition coefficient (Wildman–Crippen LogP) is 1.70. The van der Waals surface area contributed by atoms with Crippen LogP contribution in [0.5, 0.6) is 0 Å². The highest BCUT2D eigenvalue weighted by molar-refractivity contribution is 5.76. The van der Waals surface area contributed by atoms with Gasteiger partial charge < -0.3 is 11.1 Å². The van der Waals surface area contributed by atoms with E-state index in [-0.39, 0.29) is 11.9 Å². The van der Waals surface area contributed by atoms with Gasteiger partial charge in [0.1, 0.15) is 0 Å². The van der Waals surface area contributed by atoms with Gasteiger partial charge in [-0.3, -0.25) is 4.79 Å². The van der Waals surface area contributed by atoms with Crippen molar-refractivity contribution in [3.05, 3.63) is 34.9 Å². The van der Waals surface area contributed by atoms with Crippen LogP contribution in [0.1, 0.15) is 42.0 Å². The summed E-state index contributed by atoms with van der Waals surface area (Å²) in [5, 5.41) is 2.61. The lowest BCUT2D eigenvalue weighted by molar-refractivity contribution is -0.120. The van der Waals surface area contributed by atoms with Crippen LogP contribution in [0.4, 0.5) is 0 Å². The van der Waals surface area contributed by atoms with Crippen LogP contribution in [0.3, 0.4) is 0 Å². The van der Waals surface area contributed by atoms with Crippen molar-refractivity contribution in [3.8, 4) is 0 Å². The first-order chi connectivity index (χ1) is 8.20. The highest BCUT2D eigenvalue weighted by Crippen LogP contribution is 2.25. The fourth-order valence-corrected chi connectivity index (χ4v) is 2.40. The van der Waals surface area contributed by atoms with Crippen molar-refractivity contribution in [3.63, 3.8) is 0 Å². The van der Waals surface area contributed by atoms with Crippen LogP contribution in [-0.2, 0) is 17.6 Å². The summed E-state index contributed by atoms with van der Waals surface area (Å²) in [5.41, 5.74) is 9.99. The number of rotatable bonds is 3. The van der Waals surface area contributed by atoms with Crippen molar-refractivity contribution in [2.45, 2.75) is 38.1 Å². The maximum Gasteiger partial charge on any atom is 0.221 e. The number of carbonyl (C=O) groups is 1. The molecule has 1 aromatic carbocycles. The third-order valence-corrected chi connectivity index (χ3v) is 3.48. The number of aryl methyl sites for hydroxylation is 2. The molecule has 1 atom stereocenters. The van der Waals surface area contributed by atoms with Crippen LogP contribution >= 0.6 is 0 Å². The number of amides is 1. The van der Waals surface area contributed by atoms with Crippen LogP contribution in [-0.4, -0.2) is 13.0 Å². The van der Waals surface area contributed by atoms with Gasteiger partial charge in [-0.15, -0.1) is 0 Å². The van der Waals surface area contributed by atoms with E-state index in [1.54, 1.807) is 7.05 Å². The molecule has 0 radical (unpaired) electrons. The zero-order valence-electron chi connectivity index (χ0n) is 10.3. The summed E-state index contributed by atoms with van der Waals surface area (Å²) in [6, 6.07) is 6.23. The van der Waals surface area contributed by atoms with Crippen molar-refractivity contribution < 1.29 is 4.79 Å². The van der Waals surface area contributed by atoms with Crippen molar-refractivity contribution in [2.75, 3.05) is 7.05 Å². The smallest absolute Gasteiger partial charge is 0.221 e. The van der Waals surface area contributed by atoms with Gasteiger partial charge in [0, 0.05) is 19.5 Å². The van der Waals surface area contributed by atoms with Crippen molar-refractivity contribution in [1.82, 2.24) is 5.32 Å². The largest absolute Gasteiger partial charge is 0.359 e. The van der Waals surface area contributed by atoms with E-state index < -0.39 is 0 Å². The molecular weight excluding hydrogens is 212 g/mol. The van der Waals surface area contributed by atoms with E-state index in [1.807, 2.05) is 0 Å². The Morgan fingerprint density at radius 2 is 2.06 bits per heavy atom. The molecule has 1 amide bonds. The quantitative estimate of drug-likeness (QED) is 0.833. The number of hydrogen-bond acceptors (Lipinski definition) is 2. The Kier molecular flexibility index (Phi) is 3.79. The monoisotopic (exact) mass is 232 g/mol. The third-order valence-electron chi connectivity index (χ3n) is 3.48. The second-order valence-corrected chi connectivity index (χ2v) is 4.72. The first kappa shape index (κ1) is 12.1. The van der Waals surface area contributed by atoms with Gasteiger partial charge in [-0.05, 0) is 42.4 Å². The molecule has 3 N–H and O–H groups in total. The van der Waals surface area contributed by atoms with Crippen LogP contribution in [0, 0.1) is 0 Å². The average molecular weight is 232 g/mol. The molecule has 0 fully saturated rings. The summed E-state index contributed by atoms with van der Waals surface area (Å²) in [6.07, 6.45) is 5.24. The van der Waals surface area contributed by atoms with Crippen LogP contribution in [0.15, 0.2) is 18.2 Å². The Hall–Kier alpha value is -1.35. The highest BCUT2D eigenvalue weighted by atomic mass is 16.1. The summed E-state index contributed by atoms with van der Waals surface area (Å²) in [7, 11) is 1.64. The maximum absolute atomic E-state index is 11.3. The van der Waals surface area contributed by atoms with Gasteiger partial charge in [-0.25, -0.2) is 0 Å². The molecule has 1 aliphatic rings. The molecule has 1 aliphatic carbocycles. The molecule has 0 saturated heterocycles. The number of carbonyl (C=O) groups excluding carboxylic acids is 1. The van der Waals surface area contributed by atoms with E-state index in [1.165, 1.54) is 30.4 Å². The topological polar surface area (TPSA) is 55.1 Å². The molecule has 0 aromatic heterocycles. The third kappa shape index (κ3) is 2.86. The van der Waals surface area contributed by atoms with Gasteiger partial charge in [0.05, 0.1) is 0 Å². The van der Waals surface area contributed by atoms with E-state index in [0.29, 0.717) is 6.42 Å². The minimum Gasteiger partial charge on any atom is -0.359 e. The molecule has 1 unspecified atom stereocenters. The van der Waals surface area contributed by atoms with E-state index in [0.717, 1.165) is 12.0 Å². The van der Waals surface area contributed by atoms with Crippen LogP contribution < -0.4 is 11.1 Å². The number of benzene rings is 1. The van der Waals surface area contributed by atoms with Crippen molar-refractivity contribution in [1.29, 1.82) is 0 Å². The molecular formula is C14H20N2O. The second-order valence-electron chi connectivity index (χ2n) is 4.72. The normalized spacial score (nSPS) is 16.1. The first-order valence-electron chi connectivity index (χ1n) is 6.28. The number of fused-ring (bicyclic) bond motifs is 1. The number of nitrogens with one attached hydrogen (secondary N) is 1. The van der Waals surface area contributed by atoms with Crippen LogP contribution in [0.25, 0.3) is 0 Å². The molecule has 1 aromatic rings. The predicted molar refractivity (Wildman–Crippen MR) is 68.7 cm³/mol. The van der Waals surface area contributed by atoms with Gasteiger partial charge in [-0.1, -0.05) is 18.2 Å². The second kappa shape index (κ2) is 5.32. The van der Waals surface area contributed by atoms with E-state index >= 15 is 0 Å². The molecule has 3 nitrogen and oxygen atoms in total. The van der Waals surface area contributed by atoms with E-state index in [2.05, 4.69) is 23.5 Å². The summed E-state index contributed by atoms with van der Waals surface area (Å²) < 4.78 is 0. The standard InChI is InChI=1S/C14H20N2O/c1-16-14(17)9-13(15)12-7-6-10-4-2-3-5-11(10)8-12/h6-8,13H,2-5,9,15H2,1H3,(H,16,17). The zero-order valence-corrected chi connectivity index (χ0v) is 10.3. The Morgan fingerprint density at radius 1 is 1.35 bits per heavy atom. The summed E-state index contributed by atoms with van der Waals surface area (Å²) in [4.78, 5) is 11.3. The van der Waals surface area contributed by atoms with Gasteiger partial charge in [0.15, 0.2) is 0 Å². The van der Waals surface area contributed by atoms with Crippen molar-refractivity contribution >= 4 is 5.91 Å². The minimum atomic E-state index is -0.192. The molecule has 0 aliphatic heterocycles. The van der Waals surface area contributed by atoms with Gasteiger partial charge >= 0.3 is 0 Å². The highest BCUT2D eigenvalue weighted by Gasteiger charge is 2.14. The summed E-state index contributed by atoms with van der Waals surface area (Å²) in [5.74, 6) is -0.00443. The molecule has 0 spiro atoms. The molecule has 92 valence electrons. The van der Waals surface area contributed by atoms with E-state index in [4.69, 9.17) is 5.73 Å². The Morgan fingerprint density at radius 3 is 2.76 bits per heavy atom. The first-order valence-corrected chi connectivity index (χ1v) is 6.28. The van der Waals surface area contributed by atoms with Crippen molar-refractivity contribution in [2.24, 2.45) is 5.73 Å². The van der Waals surface area contributed by atoms with Gasteiger partial charge in [0.2, 0.25) is 5.91 Å². The number of nitrogens with two attached hydrogens (primary N) is 1. The molecule has 0 heterocycles. The number of hydrogen-bond donors (Lipinski definition) is 2. The van der Waals surface area contributed by atoms with Crippen LogP contribution in [0.2, 0.25) is 0 Å². The SMILES string of the molecule is CNC(=O)CC(N)c1ccc2c(c1)CCCC2. The van der Waals surface area contributed by atoms with Gasteiger partial charge in [0.25, 0.3) is 0 Å². The fraction of sp³-hybridized carbons (Fsp3) is 0.500. The van der Waals surface area contributed by atoms with Gasteiger partial charge in [-0.2, -0.15) is 0 Å². The zero-order chi connectivity index (χ0) is 12.3. The minimum absolute atomic E-state index is 0.00443. The summed E-state index contributed by atoms with van der Waals surface area (Å²) >= 11 is 0. The molecule has 2 rings (SSSR count). The molecule has 3 heteroatoms. The molecule has 17 heavy (non-hydrogen) atoms. The fourth-order valence-electron chi connectivity index (χ4n) is 2.40. The molecule has 0 saturated carbocycles.